The van der Waals surface area contributed by atoms with Gasteiger partial charge >= 0.3 is 0 Å². The van der Waals surface area contributed by atoms with Crippen molar-refractivity contribution in [2.75, 3.05) is 6.54 Å². The molecule has 0 saturated carbocycles. The van der Waals surface area contributed by atoms with Crippen LogP contribution in [0.3, 0.4) is 0 Å². The largest absolute Gasteiger partial charge is 0.493 e. The zero-order chi connectivity index (χ0) is 24.2. The molecule has 178 valence electrons. The third-order valence-corrected chi connectivity index (χ3v) is 6.93. The van der Waals surface area contributed by atoms with Crippen LogP contribution in [0.15, 0.2) is 87.8 Å². The van der Waals surface area contributed by atoms with Gasteiger partial charge in [-0.2, -0.15) is 0 Å². The van der Waals surface area contributed by atoms with Gasteiger partial charge in [-0.1, -0.05) is 58.7 Å². The molecule has 0 bridgehead atoms. The summed E-state index contributed by atoms with van der Waals surface area (Å²) < 4.78 is 2.72. The summed E-state index contributed by atoms with van der Waals surface area (Å²) in [6.07, 6.45) is 7.17. The Balaban J connectivity index is 1.46. The number of aromatic nitrogens is 2. The van der Waals surface area contributed by atoms with Crippen LogP contribution in [-0.4, -0.2) is 32.0 Å². The number of nitrogens with zero attached hydrogens (tertiary/aromatic N) is 5. The van der Waals surface area contributed by atoms with E-state index in [1.54, 1.807) is 6.20 Å². The van der Waals surface area contributed by atoms with E-state index < -0.39 is 0 Å². The van der Waals surface area contributed by atoms with E-state index in [0.29, 0.717) is 12.4 Å². The molecule has 2 aromatic carbocycles. The van der Waals surface area contributed by atoms with Gasteiger partial charge in [-0.05, 0) is 48.2 Å². The molecule has 1 saturated heterocycles. The molecule has 1 fully saturated rings. The van der Waals surface area contributed by atoms with Crippen molar-refractivity contribution in [2.45, 2.75) is 38.4 Å². The summed E-state index contributed by atoms with van der Waals surface area (Å²) in [6, 6.07) is 19.5. The smallest absolute Gasteiger partial charge is 0.269 e. The Bertz CT molecular complexity index is 1350. The maximum Gasteiger partial charge on any atom is 0.269 e. The molecule has 5 rings (SSSR count). The van der Waals surface area contributed by atoms with Gasteiger partial charge < -0.3 is 5.11 Å². The fourth-order valence-corrected chi connectivity index (χ4v) is 5.10. The number of azo groups is 1. The molecule has 0 unspecified atom stereocenters. The molecular formula is C27H26BrN5O2. The van der Waals surface area contributed by atoms with Gasteiger partial charge in [0.05, 0.1) is 18.6 Å². The molecule has 0 radical (unpaired) electrons. The Labute approximate surface area is 212 Å². The molecule has 1 N–H and O–H groups in total. The van der Waals surface area contributed by atoms with Crippen molar-refractivity contribution in [1.82, 2.24) is 14.5 Å². The first-order valence-corrected chi connectivity index (χ1v) is 12.5. The fourth-order valence-electron chi connectivity index (χ4n) is 4.74. The SMILES string of the molecule is O=C(Cc1ccccc1)N=Nc1c(O)n(CN2CCCC[C@H]2c2cccnc2)c2ccc(Br)cc12. The van der Waals surface area contributed by atoms with Crippen molar-refractivity contribution in [3.05, 3.63) is 88.7 Å². The molecule has 1 aliphatic rings. The van der Waals surface area contributed by atoms with Crippen LogP contribution in [0.2, 0.25) is 0 Å². The maximum atomic E-state index is 12.5. The van der Waals surface area contributed by atoms with Gasteiger partial charge in [-0.15, -0.1) is 10.2 Å². The number of likely N-dealkylation sites (tertiary alicyclic amines) is 1. The number of hydrogen-bond acceptors (Lipinski definition) is 5. The second-order valence-corrected chi connectivity index (χ2v) is 9.69. The predicted octanol–water partition coefficient (Wildman–Crippen LogP) is 6.54. The van der Waals surface area contributed by atoms with Crippen LogP contribution in [0.5, 0.6) is 5.88 Å². The van der Waals surface area contributed by atoms with Crippen LogP contribution in [-0.2, 0) is 17.9 Å². The van der Waals surface area contributed by atoms with Gasteiger partial charge in [0, 0.05) is 34.8 Å². The highest BCUT2D eigenvalue weighted by Crippen LogP contribution is 2.41. The number of benzene rings is 2. The van der Waals surface area contributed by atoms with Gasteiger partial charge in [0.15, 0.2) is 5.69 Å². The molecular weight excluding hydrogens is 506 g/mol. The third kappa shape index (κ3) is 5.18. The van der Waals surface area contributed by atoms with Gasteiger partial charge in [-0.25, -0.2) is 0 Å². The van der Waals surface area contributed by atoms with E-state index in [1.807, 2.05) is 65.4 Å². The third-order valence-electron chi connectivity index (χ3n) is 6.44. The first kappa shape index (κ1) is 23.4. The van der Waals surface area contributed by atoms with E-state index in [2.05, 4.69) is 42.1 Å². The molecule has 1 atom stereocenters. The lowest BCUT2D eigenvalue weighted by Crippen LogP contribution is -2.34. The lowest BCUT2D eigenvalue weighted by atomic mass is 9.97. The first-order valence-electron chi connectivity index (χ1n) is 11.7. The Morgan fingerprint density at radius 2 is 1.97 bits per heavy atom. The van der Waals surface area contributed by atoms with Crippen LogP contribution in [0.4, 0.5) is 5.69 Å². The Morgan fingerprint density at radius 3 is 2.77 bits per heavy atom. The average molecular weight is 532 g/mol. The van der Waals surface area contributed by atoms with Crippen LogP contribution in [0.25, 0.3) is 10.9 Å². The molecule has 7 nitrogen and oxygen atoms in total. The van der Waals surface area contributed by atoms with Gasteiger partial charge in [-0.3, -0.25) is 19.2 Å². The molecule has 2 aromatic heterocycles. The highest BCUT2D eigenvalue weighted by atomic mass is 79.9. The standard InChI is InChI=1S/C27H26BrN5O2/c28-21-11-12-24-22(16-21)26(31-30-25(34)15-19-7-2-1-3-8-19)27(35)33(24)18-32-14-5-4-10-23(32)20-9-6-13-29-17-20/h1-3,6-9,11-13,16-17,23,35H,4-5,10,14-15,18H2/t23-/m0/s1. The number of carbonyl (C=O) groups is 1. The van der Waals surface area contributed by atoms with E-state index in [-0.39, 0.29) is 24.2 Å². The lowest BCUT2D eigenvalue weighted by molar-refractivity contribution is -0.117. The number of halogens is 1. The van der Waals surface area contributed by atoms with E-state index in [1.165, 1.54) is 5.56 Å². The monoisotopic (exact) mass is 531 g/mol. The Kier molecular flexibility index (Phi) is 7.01. The number of aromatic hydroxyl groups is 1. The van der Waals surface area contributed by atoms with Crippen molar-refractivity contribution in [3.63, 3.8) is 0 Å². The molecule has 4 aromatic rings. The Morgan fingerprint density at radius 1 is 1.11 bits per heavy atom. The van der Waals surface area contributed by atoms with Crippen molar-refractivity contribution in [1.29, 1.82) is 0 Å². The van der Waals surface area contributed by atoms with Crippen molar-refractivity contribution < 1.29 is 9.90 Å². The Hall–Kier alpha value is -3.36. The summed E-state index contributed by atoms with van der Waals surface area (Å²) in [7, 11) is 0. The van der Waals surface area contributed by atoms with Gasteiger partial charge in [0.1, 0.15) is 0 Å². The minimum Gasteiger partial charge on any atom is -0.493 e. The number of amides is 1. The van der Waals surface area contributed by atoms with E-state index >= 15 is 0 Å². The van der Waals surface area contributed by atoms with E-state index in [0.717, 1.165) is 46.7 Å². The number of piperidine rings is 1. The molecule has 1 amide bonds. The zero-order valence-electron chi connectivity index (χ0n) is 19.2. The van der Waals surface area contributed by atoms with Crippen LogP contribution < -0.4 is 0 Å². The molecule has 0 spiro atoms. The lowest BCUT2D eigenvalue weighted by Gasteiger charge is -2.36. The fraction of sp³-hybridized carbons (Fsp3) is 0.259. The molecule has 3 heterocycles. The van der Waals surface area contributed by atoms with Crippen molar-refractivity contribution >= 4 is 38.4 Å². The minimum absolute atomic E-state index is 0.00451. The first-order chi connectivity index (χ1) is 17.1. The summed E-state index contributed by atoms with van der Waals surface area (Å²) in [6.45, 7) is 1.42. The average Bonchev–Trinajstić information content (AvgIpc) is 3.14. The summed E-state index contributed by atoms with van der Waals surface area (Å²) in [5, 5.41) is 20.1. The predicted molar refractivity (Wildman–Crippen MR) is 139 cm³/mol. The quantitative estimate of drug-likeness (QED) is 0.286. The van der Waals surface area contributed by atoms with Crippen LogP contribution in [0, 0.1) is 0 Å². The van der Waals surface area contributed by atoms with Crippen molar-refractivity contribution in [2.24, 2.45) is 10.2 Å². The normalized spacial score (nSPS) is 16.8. The number of hydrogen-bond donors (Lipinski definition) is 1. The van der Waals surface area contributed by atoms with Crippen LogP contribution >= 0.6 is 15.9 Å². The summed E-state index contributed by atoms with van der Waals surface area (Å²) in [5.41, 5.74) is 3.19. The van der Waals surface area contributed by atoms with Gasteiger partial charge in [0.2, 0.25) is 5.88 Å². The summed E-state index contributed by atoms with van der Waals surface area (Å²) in [5.74, 6) is -0.357. The molecule has 8 heteroatoms. The summed E-state index contributed by atoms with van der Waals surface area (Å²) >= 11 is 3.52. The second kappa shape index (κ2) is 10.5. The second-order valence-electron chi connectivity index (χ2n) is 8.77. The molecule has 35 heavy (non-hydrogen) atoms. The van der Waals surface area contributed by atoms with Crippen molar-refractivity contribution in [3.8, 4) is 5.88 Å². The highest BCUT2D eigenvalue weighted by Gasteiger charge is 2.27. The van der Waals surface area contributed by atoms with Crippen LogP contribution in [0.1, 0.15) is 36.4 Å². The zero-order valence-corrected chi connectivity index (χ0v) is 20.8. The van der Waals surface area contributed by atoms with E-state index in [4.69, 9.17) is 0 Å². The van der Waals surface area contributed by atoms with E-state index in [9.17, 15) is 9.90 Å². The van der Waals surface area contributed by atoms with Gasteiger partial charge in [0.25, 0.3) is 5.91 Å². The molecule has 1 aliphatic heterocycles. The number of fused-ring (bicyclic) bond motifs is 1. The number of rotatable bonds is 6. The number of pyridine rings is 1. The number of carbonyl (C=O) groups excluding carboxylic acids is 1. The summed E-state index contributed by atoms with van der Waals surface area (Å²) in [4.78, 5) is 19.1. The molecule has 0 aliphatic carbocycles. The maximum absolute atomic E-state index is 12.5. The topological polar surface area (TPSA) is 83.1 Å². The highest BCUT2D eigenvalue weighted by molar-refractivity contribution is 9.10. The minimum atomic E-state index is -0.362.